The van der Waals surface area contributed by atoms with Gasteiger partial charge in [0.15, 0.2) is 0 Å². The van der Waals surface area contributed by atoms with Gasteiger partial charge in [0.05, 0.1) is 6.10 Å². The number of halogens is 1. The van der Waals surface area contributed by atoms with Crippen LogP contribution in [0.1, 0.15) is 11.7 Å². The van der Waals surface area contributed by atoms with Crippen molar-refractivity contribution in [2.24, 2.45) is 0 Å². The third-order valence-corrected chi connectivity index (χ3v) is 3.83. The van der Waals surface area contributed by atoms with Gasteiger partial charge in [-0.05, 0) is 50.5 Å². The first kappa shape index (κ1) is 14.0. The van der Waals surface area contributed by atoms with Gasteiger partial charge in [0, 0.05) is 17.2 Å². The van der Waals surface area contributed by atoms with E-state index in [2.05, 4.69) is 38.4 Å². The van der Waals surface area contributed by atoms with Crippen LogP contribution < -0.4 is 5.32 Å². The van der Waals surface area contributed by atoms with Crippen molar-refractivity contribution in [2.45, 2.75) is 6.10 Å². The third kappa shape index (κ3) is 3.40. The lowest BCUT2D eigenvalue weighted by Gasteiger charge is -2.13. The predicted molar refractivity (Wildman–Crippen MR) is 89.3 cm³/mol. The topological polar surface area (TPSA) is 45.1 Å². The first-order chi connectivity index (χ1) is 10.2. The Morgan fingerprint density at radius 2 is 1.86 bits per heavy atom. The zero-order valence-corrected chi connectivity index (χ0v) is 12.9. The molecule has 1 unspecified atom stereocenters. The van der Waals surface area contributed by atoms with E-state index in [1.807, 2.05) is 42.5 Å². The third-order valence-electron chi connectivity index (χ3n) is 3.36. The number of hydrogen-bond acceptors (Lipinski definition) is 3. The number of benzene rings is 2. The monoisotopic (exact) mass is 342 g/mol. The Hall–Kier alpha value is -1.91. The molecule has 1 aromatic heterocycles. The minimum absolute atomic E-state index is 0.424. The van der Waals surface area contributed by atoms with Gasteiger partial charge in [0.2, 0.25) is 0 Å². The van der Waals surface area contributed by atoms with Gasteiger partial charge in [-0.3, -0.25) is 0 Å². The summed E-state index contributed by atoms with van der Waals surface area (Å²) < 4.78 is 0.933. The number of nitrogens with zero attached hydrogens (tertiary/aromatic N) is 1. The summed E-state index contributed by atoms with van der Waals surface area (Å²) in [5.41, 5.74) is 0.901. The van der Waals surface area contributed by atoms with Crippen LogP contribution in [-0.4, -0.2) is 16.6 Å². The minimum atomic E-state index is -0.569. The van der Waals surface area contributed by atoms with Crippen LogP contribution in [-0.2, 0) is 0 Å². The Bertz CT molecular complexity index is 743. The Morgan fingerprint density at radius 1 is 1.05 bits per heavy atom. The van der Waals surface area contributed by atoms with Gasteiger partial charge in [-0.2, -0.15) is 0 Å². The van der Waals surface area contributed by atoms with Gasteiger partial charge in [-0.1, -0.05) is 36.4 Å². The first-order valence-corrected chi connectivity index (χ1v) is 7.54. The fourth-order valence-electron chi connectivity index (χ4n) is 2.21. The van der Waals surface area contributed by atoms with Crippen LogP contribution in [0, 0.1) is 0 Å². The normalized spacial score (nSPS) is 12.3. The maximum atomic E-state index is 10.3. The maximum Gasteiger partial charge on any atom is 0.126 e. The summed E-state index contributed by atoms with van der Waals surface area (Å²) in [5, 5.41) is 15.7. The molecule has 1 atom stereocenters. The molecule has 0 radical (unpaired) electrons. The molecule has 1 heterocycles. The summed E-state index contributed by atoms with van der Waals surface area (Å²) in [4.78, 5) is 4.22. The molecular weight excluding hydrogens is 328 g/mol. The molecule has 0 saturated carbocycles. The number of hydrogen-bond donors (Lipinski definition) is 2. The van der Waals surface area contributed by atoms with Gasteiger partial charge in [-0.15, -0.1) is 0 Å². The van der Waals surface area contributed by atoms with Crippen LogP contribution in [0.2, 0.25) is 0 Å². The molecule has 2 N–H and O–H groups in total. The molecule has 0 saturated heterocycles. The van der Waals surface area contributed by atoms with Crippen molar-refractivity contribution >= 4 is 32.5 Å². The summed E-state index contributed by atoms with van der Waals surface area (Å²) in [6.07, 6.45) is 1.16. The van der Waals surface area contributed by atoms with Crippen LogP contribution in [0.5, 0.6) is 0 Å². The number of aliphatic hydroxyl groups is 1. The second-order valence-electron chi connectivity index (χ2n) is 4.86. The molecule has 0 amide bonds. The lowest BCUT2D eigenvalue weighted by Crippen LogP contribution is -2.12. The molecule has 0 bridgehead atoms. The average molecular weight is 343 g/mol. The largest absolute Gasteiger partial charge is 0.387 e. The van der Waals surface area contributed by atoms with Crippen molar-refractivity contribution in [1.82, 2.24) is 4.98 Å². The van der Waals surface area contributed by atoms with E-state index in [4.69, 9.17) is 0 Å². The maximum absolute atomic E-state index is 10.3. The molecule has 0 aliphatic carbocycles. The highest BCUT2D eigenvalue weighted by molar-refractivity contribution is 9.10. The van der Waals surface area contributed by atoms with Crippen molar-refractivity contribution in [3.8, 4) is 0 Å². The lowest BCUT2D eigenvalue weighted by molar-refractivity contribution is 0.191. The number of aliphatic hydroxyl groups excluding tert-OH is 1. The molecule has 0 aliphatic rings. The quantitative estimate of drug-likeness (QED) is 0.748. The van der Waals surface area contributed by atoms with Gasteiger partial charge in [0.25, 0.3) is 0 Å². The minimum Gasteiger partial charge on any atom is -0.387 e. The fraction of sp³-hybridized carbons (Fsp3) is 0.118. The molecule has 3 aromatic rings. The van der Waals surface area contributed by atoms with Gasteiger partial charge in [-0.25, -0.2) is 4.98 Å². The summed E-state index contributed by atoms with van der Waals surface area (Å²) in [7, 11) is 0. The molecule has 106 valence electrons. The Labute approximate surface area is 131 Å². The predicted octanol–water partition coefficient (Wildman–Crippen LogP) is 4.14. The number of aromatic nitrogens is 1. The summed E-state index contributed by atoms with van der Waals surface area (Å²) in [5.74, 6) is 0.748. The average Bonchev–Trinajstić information content (AvgIpc) is 2.53. The van der Waals surface area contributed by atoms with E-state index in [-0.39, 0.29) is 0 Å². The van der Waals surface area contributed by atoms with Crippen LogP contribution in [0.25, 0.3) is 10.8 Å². The lowest BCUT2D eigenvalue weighted by atomic mass is 10.0. The zero-order chi connectivity index (χ0) is 14.7. The van der Waals surface area contributed by atoms with E-state index in [9.17, 15) is 5.11 Å². The molecule has 3 rings (SSSR count). The second-order valence-corrected chi connectivity index (χ2v) is 5.78. The summed E-state index contributed by atoms with van der Waals surface area (Å²) in [6.45, 7) is 0.424. The van der Waals surface area contributed by atoms with Gasteiger partial charge in [0.1, 0.15) is 5.82 Å². The molecule has 0 aliphatic heterocycles. The van der Waals surface area contributed by atoms with E-state index in [0.29, 0.717) is 6.54 Å². The van der Waals surface area contributed by atoms with Crippen LogP contribution in [0.3, 0.4) is 0 Å². The SMILES string of the molecule is OC(CNc1ccc(Br)cn1)c1ccc2ccccc2c1. The van der Waals surface area contributed by atoms with E-state index in [0.717, 1.165) is 21.2 Å². The van der Waals surface area contributed by atoms with Crippen molar-refractivity contribution in [2.75, 3.05) is 11.9 Å². The van der Waals surface area contributed by atoms with E-state index in [1.165, 1.54) is 5.39 Å². The number of pyridine rings is 1. The summed E-state index contributed by atoms with van der Waals surface area (Å²) in [6, 6.07) is 17.9. The van der Waals surface area contributed by atoms with Crippen molar-refractivity contribution in [3.63, 3.8) is 0 Å². The zero-order valence-electron chi connectivity index (χ0n) is 11.3. The molecule has 3 nitrogen and oxygen atoms in total. The Kier molecular flexibility index (Phi) is 4.18. The highest BCUT2D eigenvalue weighted by Gasteiger charge is 2.08. The van der Waals surface area contributed by atoms with Gasteiger partial charge >= 0.3 is 0 Å². The molecule has 0 fully saturated rings. The van der Waals surface area contributed by atoms with E-state index >= 15 is 0 Å². The van der Waals surface area contributed by atoms with E-state index in [1.54, 1.807) is 6.20 Å². The number of anilines is 1. The number of rotatable bonds is 4. The molecule has 0 spiro atoms. The van der Waals surface area contributed by atoms with Crippen molar-refractivity contribution < 1.29 is 5.11 Å². The van der Waals surface area contributed by atoms with Crippen molar-refractivity contribution in [3.05, 3.63) is 70.8 Å². The Balaban J connectivity index is 1.71. The van der Waals surface area contributed by atoms with Crippen molar-refractivity contribution in [1.29, 1.82) is 0 Å². The highest BCUT2D eigenvalue weighted by atomic mass is 79.9. The second kappa shape index (κ2) is 6.24. The first-order valence-electron chi connectivity index (χ1n) is 6.74. The smallest absolute Gasteiger partial charge is 0.126 e. The van der Waals surface area contributed by atoms with Crippen LogP contribution in [0.4, 0.5) is 5.82 Å². The summed E-state index contributed by atoms with van der Waals surface area (Å²) >= 11 is 3.35. The number of fused-ring (bicyclic) bond motifs is 1. The van der Waals surface area contributed by atoms with Crippen LogP contribution in [0.15, 0.2) is 65.3 Å². The Morgan fingerprint density at radius 3 is 2.62 bits per heavy atom. The fourth-order valence-corrected chi connectivity index (χ4v) is 2.45. The molecule has 2 aromatic carbocycles. The van der Waals surface area contributed by atoms with Gasteiger partial charge < -0.3 is 10.4 Å². The standard InChI is InChI=1S/C17H15BrN2O/c18-15-7-8-17(19-10-15)20-11-16(21)14-6-5-12-3-1-2-4-13(12)9-14/h1-10,16,21H,11H2,(H,19,20). The molecule has 4 heteroatoms. The highest BCUT2D eigenvalue weighted by Crippen LogP contribution is 2.21. The van der Waals surface area contributed by atoms with E-state index < -0.39 is 6.10 Å². The van der Waals surface area contributed by atoms with Crippen LogP contribution >= 0.6 is 15.9 Å². The molecule has 21 heavy (non-hydrogen) atoms. The molecular formula is C17H15BrN2O. The number of nitrogens with one attached hydrogen (secondary N) is 1.